The second-order valence-electron chi connectivity index (χ2n) is 11.8. The minimum Gasteiger partial charge on any atom is -0.292 e. The third-order valence-corrected chi connectivity index (χ3v) is 10.3. The van der Waals surface area contributed by atoms with Crippen molar-refractivity contribution in [3.8, 4) is 28.2 Å². The van der Waals surface area contributed by atoms with Gasteiger partial charge >= 0.3 is 0 Å². The summed E-state index contributed by atoms with van der Waals surface area (Å²) in [5.74, 6) is 0.833. The number of fused-ring (bicyclic) bond motifs is 9. The minimum atomic E-state index is 0.833. The lowest BCUT2D eigenvalue weighted by Gasteiger charge is -2.16. The van der Waals surface area contributed by atoms with Crippen molar-refractivity contribution in [3.63, 3.8) is 0 Å². The van der Waals surface area contributed by atoms with Gasteiger partial charge in [-0.05, 0) is 58.3 Å². The fourth-order valence-electron chi connectivity index (χ4n) is 7.12. The second-order valence-corrected chi connectivity index (χ2v) is 12.9. The number of thiophene rings is 1. The van der Waals surface area contributed by atoms with Gasteiger partial charge in [0, 0.05) is 36.5 Å². The summed E-state index contributed by atoms with van der Waals surface area (Å²) >= 11 is 1.86. The van der Waals surface area contributed by atoms with E-state index in [0.29, 0.717) is 0 Å². The smallest absolute Gasteiger partial charge is 0.165 e. The Morgan fingerprint density at radius 1 is 0.457 bits per heavy atom. The number of benzene rings is 7. The SMILES string of the molecule is c1ccc(-c2ccccc2-c2nc3ccccc3nc2-n2c3ccccc3c3cc4c(cc32)sc2ccc3ccccc3c24)cc1. The Labute approximate surface area is 268 Å². The number of hydrogen-bond acceptors (Lipinski definition) is 3. The lowest BCUT2D eigenvalue weighted by Crippen LogP contribution is -2.04. The van der Waals surface area contributed by atoms with Crippen molar-refractivity contribution < 1.29 is 0 Å². The van der Waals surface area contributed by atoms with Crippen molar-refractivity contribution in [2.24, 2.45) is 0 Å². The molecule has 0 aliphatic heterocycles. The van der Waals surface area contributed by atoms with Crippen LogP contribution in [0.3, 0.4) is 0 Å². The number of rotatable bonds is 3. The largest absolute Gasteiger partial charge is 0.292 e. The van der Waals surface area contributed by atoms with Crippen LogP contribution < -0.4 is 0 Å². The Hall–Kier alpha value is -5.84. The van der Waals surface area contributed by atoms with E-state index in [2.05, 4.69) is 144 Å². The van der Waals surface area contributed by atoms with Crippen LogP contribution in [0.1, 0.15) is 0 Å². The maximum Gasteiger partial charge on any atom is 0.165 e. The summed E-state index contributed by atoms with van der Waals surface area (Å²) in [4.78, 5) is 10.7. The highest BCUT2D eigenvalue weighted by atomic mass is 32.1. The first-order chi connectivity index (χ1) is 22.8. The highest BCUT2D eigenvalue weighted by Gasteiger charge is 2.22. The van der Waals surface area contributed by atoms with Crippen molar-refractivity contribution in [1.82, 2.24) is 14.5 Å². The Morgan fingerprint density at radius 2 is 1.15 bits per heavy atom. The molecule has 0 saturated carbocycles. The number of aromatic nitrogens is 3. The summed E-state index contributed by atoms with van der Waals surface area (Å²) in [5, 5.41) is 7.62. The predicted molar refractivity (Wildman–Crippen MR) is 195 cm³/mol. The summed E-state index contributed by atoms with van der Waals surface area (Å²) in [7, 11) is 0. The van der Waals surface area contributed by atoms with E-state index >= 15 is 0 Å². The van der Waals surface area contributed by atoms with E-state index in [1.807, 2.05) is 23.5 Å². The molecule has 0 aliphatic carbocycles. The van der Waals surface area contributed by atoms with Gasteiger partial charge in [0.25, 0.3) is 0 Å². The van der Waals surface area contributed by atoms with Crippen molar-refractivity contribution in [2.45, 2.75) is 0 Å². The quantitative estimate of drug-likeness (QED) is 0.201. The van der Waals surface area contributed by atoms with Crippen LogP contribution in [0.15, 0.2) is 152 Å². The van der Waals surface area contributed by atoms with Crippen molar-refractivity contribution in [3.05, 3.63) is 152 Å². The predicted octanol–water partition coefficient (Wildman–Crippen LogP) is 11.6. The van der Waals surface area contributed by atoms with Crippen LogP contribution in [-0.2, 0) is 0 Å². The molecule has 0 atom stereocenters. The molecule has 0 fully saturated rings. The molecule has 0 bridgehead atoms. The van der Waals surface area contributed by atoms with E-state index in [4.69, 9.17) is 9.97 Å². The van der Waals surface area contributed by atoms with Gasteiger partial charge in [0.05, 0.1) is 22.1 Å². The van der Waals surface area contributed by atoms with E-state index in [9.17, 15) is 0 Å². The molecule has 3 nitrogen and oxygen atoms in total. The lowest BCUT2D eigenvalue weighted by atomic mass is 9.97. The fraction of sp³-hybridized carbons (Fsp3) is 0. The van der Waals surface area contributed by atoms with Crippen LogP contribution in [0, 0.1) is 0 Å². The van der Waals surface area contributed by atoms with E-state index < -0.39 is 0 Å². The molecule has 10 rings (SSSR count). The van der Waals surface area contributed by atoms with Crippen LogP contribution >= 0.6 is 11.3 Å². The zero-order chi connectivity index (χ0) is 30.2. The lowest BCUT2D eigenvalue weighted by molar-refractivity contribution is 1.08. The monoisotopic (exact) mass is 603 g/mol. The number of hydrogen-bond donors (Lipinski definition) is 0. The molecule has 0 unspecified atom stereocenters. The van der Waals surface area contributed by atoms with Gasteiger partial charge in [-0.25, -0.2) is 9.97 Å². The van der Waals surface area contributed by atoms with Crippen LogP contribution in [0.2, 0.25) is 0 Å². The Kier molecular flexibility index (Phi) is 5.45. The van der Waals surface area contributed by atoms with Gasteiger partial charge in [-0.3, -0.25) is 4.57 Å². The summed E-state index contributed by atoms with van der Waals surface area (Å²) in [6.07, 6.45) is 0. The molecule has 214 valence electrons. The fourth-order valence-corrected chi connectivity index (χ4v) is 8.26. The first kappa shape index (κ1) is 25.5. The molecule has 0 saturated heterocycles. The van der Waals surface area contributed by atoms with Crippen LogP contribution in [0.4, 0.5) is 0 Å². The van der Waals surface area contributed by atoms with Gasteiger partial charge in [-0.15, -0.1) is 11.3 Å². The van der Waals surface area contributed by atoms with Crippen molar-refractivity contribution >= 4 is 75.1 Å². The average molecular weight is 604 g/mol. The summed E-state index contributed by atoms with van der Waals surface area (Å²) in [6, 6.07) is 54.0. The molecule has 46 heavy (non-hydrogen) atoms. The van der Waals surface area contributed by atoms with Gasteiger partial charge in [0.15, 0.2) is 5.82 Å². The molecule has 0 N–H and O–H groups in total. The Morgan fingerprint density at radius 3 is 2.02 bits per heavy atom. The van der Waals surface area contributed by atoms with E-state index in [1.54, 1.807) is 0 Å². The topological polar surface area (TPSA) is 30.7 Å². The summed E-state index contributed by atoms with van der Waals surface area (Å²) in [5.41, 5.74) is 8.21. The van der Waals surface area contributed by atoms with Gasteiger partial charge in [0.1, 0.15) is 5.69 Å². The molecule has 10 aromatic rings. The molecule has 3 aromatic heterocycles. The molecule has 0 radical (unpaired) electrons. The first-order valence-electron chi connectivity index (χ1n) is 15.5. The zero-order valence-corrected chi connectivity index (χ0v) is 25.5. The highest BCUT2D eigenvalue weighted by Crippen LogP contribution is 2.44. The van der Waals surface area contributed by atoms with Gasteiger partial charge < -0.3 is 0 Å². The molecule has 4 heteroatoms. The van der Waals surface area contributed by atoms with E-state index in [0.717, 1.165) is 50.3 Å². The Balaban J connectivity index is 1.34. The van der Waals surface area contributed by atoms with Crippen LogP contribution in [-0.4, -0.2) is 14.5 Å². The average Bonchev–Trinajstić information content (AvgIpc) is 3.65. The maximum absolute atomic E-state index is 5.40. The van der Waals surface area contributed by atoms with E-state index in [-0.39, 0.29) is 0 Å². The highest BCUT2D eigenvalue weighted by molar-refractivity contribution is 7.26. The number of nitrogens with zero attached hydrogens (tertiary/aromatic N) is 3. The maximum atomic E-state index is 5.40. The standard InChI is InChI=1S/C42H25N3S/c1-2-12-26(13-3-1)28-15-6-7-18-31(28)41-42(44-35-20-10-9-19-34(35)43-41)45-36-21-11-8-17-30(36)32-24-33-39(25-37(32)45)46-38-23-22-27-14-4-5-16-29(27)40(33)38/h1-25H. The zero-order valence-electron chi connectivity index (χ0n) is 24.7. The normalized spacial score (nSPS) is 11.9. The van der Waals surface area contributed by atoms with Gasteiger partial charge in [-0.1, -0.05) is 115 Å². The molecule has 0 amide bonds. The molecule has 0 spiro atoms. The van der Waals surface area contributed by atoms with E-state index in [1.165, 1.54) is 41.7 Å². The molecule has 3 heterocycles. The van der Waals surface area contributed by atoms with Crippen molar-refractivity contribution in [2.75, 3.05) is 0 Å². The molecular weight excluding hydrogens is 579 g/mol. The molecular formula is C42H25N3S. The number of para-hydroxylation sites is 3. The second kappa shape index (κ2) is 9.83. The van der Waals surface area contributed by atoms with Crippen LogP contribution in [0.5, 0.6) is 0 Å². The van der Waals surface area contributed by atoms with Gasteiger partial charge in [0.2, 0.25) is 0 Å². The summed E-state index contributed by atoms with van der Waals surface area (Å²) < 4.78 is 4.91. The van der Waals surface area contributed by atoms with Crippen LogP contribution in [0.25, 0.3) is 92.0 Å². The molecule has 7 aromatic carbocycles. The third kappa shape index (κ3) is 3.71. The van der Waals surface area contributed by atoms with Gasteiger partial charge in [-0.2, -0.15) is 0 Å². The third-order valence-electron chi connectivity index (χ3n) is 9.18. The minimum absolute atomic E-state index is 0.833. The Bertz CT molecular complexity index is 2810. The van der Waals surface area contributed by atoms with Crippen molar-refractivity contribution in [1.29, 1.82) is 0 Å². The molecule has 0 aliphatic rings. The summed E-state index contributed by atoms with van der Waals surface area (Å²) in [6.45, 7) is 0. The first-order valence-corrected chi connectivity index (χ1v) is 16.3.